The minimum Gasteiger partial charge on any atom is -0.493 e. The molecule has 2 aromatic heterocycles. The van der Waals surface area contributed by atoms with E-state index in [4.69, 9.17) is 4.74 Å². The van der Waals surface area contributed by atoms with Gasteiger partial charge >= 0.3 is 0 Å². The average molecular weight is 537 g/mol. The summed E-state index contributed by atoms with van der Waals surface area (Å²) in [6.45, 7) is 12.5. The predicted molar refractivity (Wildman–Crippen MR) is 147 cm³/mol. The fourth-order valence-corrected chi connectivity index (χ4v) is 4.63. The lowest BCUT2D eigenvalue weighted by molar-refractivity contribution is -0.122. The number of hydrogen-bond donors (Lipinski definition) is 2. The first-order valence-electron chi connectivity index (χ1n) is 13.8. The Bertz CT molecular complexity index is 1270. The highest BCUT2D eigenvalue weighted by atomic mass is 16.5. The molecule has 1 aliphatic rings. The van der Waals surface area contributed by atoms with Gasteiger partial charge in [0.15, 0.2) is 0 Å². The van der Waals surface area contributed by atoms with Crippen molar-refractivity contribution in [3.63, 3.8) is 0 Å². The van der Waals surface area contributed by atoms with Gasteiger partial charge in [0.2, 0.25) is 5.91 Å². The summed E-state index contributed by atoms with van der Waals surface area (Å²) in [6, 6.07) is 4.77. The highest BCUT2D eigenvalue weighted by Gasteiger charge is 2.20. The fraction of sp³-hybridized carbons (Fsp3) is 0.536. The molecule has 3 heterocycles. The van der Waals surface area contributed by atoms with Crippen LogP contribution in [0, 0.1) is 13.8 Å². The Balaban J connectivity index is 1.49. The van der Waals surface area contributed by atoms with Crippen molar-refractivity contribution in [2.24, 2.45) is 0 Å². The molecule has 39 heavy (non-hydrogen) atoms. The third-order valence-electron chi connectivity index (χ3n) is 6.87. The molecule has 0 radical (unpaired) electrons. The highest BCUT2D eigenvalue weighted by Crippen LogP contribution is 2.21. The van der Waals surface area contributed by atoms with E-state index in [9.17, 15) is 9.59 Å². The molecule has 1 atom stereocenters. The summed E-state index contributed by atoms with van der Waals surface area (Å²) in [5, 5.41) is 19.0. The number of ether oxygens (including phenoxy) is 1. The Labute approximate surface area is 229 Å². The molecule has 1 aromatic carbocycles. The van der Waals surface area contributed by atoms with Gasteiger partial charge in [0.1, 0.15) is 11.8 Å². The maximum Gasteiger partial charge on any atom is 0.255 e. The molecule has 2 amide bonds. The van der Waals surface area contributed by atoms with E-state index in [0.29, 0.717) is 44.0 Å². The molecule has 3 aromatic rings. The molecule has 0 fully saturated rings. The number of fused-ring (bicyclic) bond motifs is 3. The number of carbonyl (C=O) groups is 2. The Hall–Kier alpha value is -3.73. The molecule has 0 aliphatic carbocycles. The molecule has 0 unspecified atom stereocenters. The second-order valence-corrected chi connectivity index (χ2v) is 10.2. The van der Waals surface area contributed by atoms with Gasteiger partial charge in [0.25, 0.3) is 5.91 Å². The van der Waals surface area contributed by atoms with Crippen molar-refractivity contribution in [2.75, 3.05) is 19.7 Å². The molecule has 0 saturated carbocycles. The van der Waals surface area contributed by atoms with Crippen LogP contribution in [0.25, 0.3) is 0 Å². The van der Waals surface area contributed by atoms with Gasteiger partial charge in [-0.05, 0) is 51.3 Å². The minimum atomic E-state index is -0.675. The predicted octanol–water partition coefficient (Wildman–Crippen LogP) is 2.61. The number of amides is 2. The van der Waals surface area contributed by atoms with E-state index >= 15 is 0 Å². The summed E-state index contributed by atoms with van der Waals surface area (Å²) in [6.07, 6.45) is 6.41. The maximum absolute atomic E-state index is 13.0. The van der Waals surface area contributed by atoms with Crippen LogP contribution in [-0.4, -0.2) is 67.2 Å². The van der Waals surface area contributed by atoms with Crippen LogP contribution < -0.4 is 15.4 Å². The minimum absolute atomic E-state index is 0.220. The Morgan fingerprint density at radius 2 is 2.00 bits per heavy atom. The second-order valence-electron chi connectivity index (χ2n) is 10.2. The summed E-state index contributed by atoms with van der Waals surface area (Å²) in [5.41, 5.74) is 4.64. The average Bonchev–Trinajstić information content (AvgIpc) is 3.50. The van der Waals surface area contributed by atoms with Crippen LogP contribution in [0.5, 0.6) is 5.75 Å². The Kier molecular flexibility index (Phi) is 9.69. The number of aromatic nitrogens is 5. The number of aryl methyl sites for hydroxylation is 3. The fourth-order valence-electron chi connectivity index (χ4n) is 4.63. The van der Waals surface area contributed by atoms with Gasteiger partial charge in [0.05, 0.1) is 24.1 Å². The SMILES string of the molecule is CCCn1ncc(CN2CCCNC(=O)[C@@H](C)NC(=O)c3ccc(C)cc3OCCCn3cc(nn3)C2)c1C. The first-order valence-corrected chi connectivity index (χ1v) is 13.8. The van der Waals surface area contributed by atoms with Gasteiger partial charge in [0, 0.05) is 63.1 Å². The zero-order valence-electron chi connectivity index (χ0n) is 23.4. The van der Waals surface area contributed by atoms with Gasteiger partial charge in [-0.15, -0.1) is 5.10 Å². The molecular weight excluding hydrogens is 496 g/mol. The van der Waals surface area contributed by atoms with Crippen molar-refractivity contribution in [3.05, 3.63) is 58.7 Å². The van der Waals surface area contributed by atoms with Crippen molar-refractivity contribution in [3.8, 4) is 5.75 Å². The second kappa shape index (κ2) is 13.4. The summed E-state index contributed by atoms with van der Waals surface area (Å²) >= 11 is 0. The lowest BCUT2D eigenvalue weighted by atomic mass is 10.1. The van der Waals surface area contributed by atoms with Crippen LogP contribution in [0.4, 0.5) is 0 Å². The quantitative estimate of drug-likeness (QED) is 0.526. The van der Waals surface area contributed by atoms with Gasteiger partial charge in [-0.3, -0.25) is 23.9 Å². The van der Waals surface area contributed by atoms with Crippen molar-refractivity contribution < 1.29 is 14.3 Å². The summed E-state index contributed by atoms with van der Waals surface area (Å²) in [4.78, 5) is 28.0. The van der Waals surface area contributed by atoms with Crippen LogP contribution >= 0.6 is 0 Å². The van der Waals surface area contributed by atoms with Crippen LogP contribution in [0.3, 0.4) is 0 Å². The smallest absolute Gasteiger partial charge is 0.255 e. The zero-order valence-corrected chi connectivity index (χ0v) is 23.4. The first kappa shape index (κ1) is 28.3. The van der Waals surface area contributed by atoms with E-state index in [-0.39, 0.29) is 11.8 Å². The van der Waals surface area contributed by atoms with E-state index in [2.05, 4.69) is 44.8 Å². The van der Waals surface area contributed by atoms with E-state index in [1.807, 2.05) is 40.8 Å². The lowest BCUT2D eigenvalue weighted by Crippen LogP contribution is -2.45. The molecule has 11 heteroatoms. The highest BCUT2D eigenvalue weighted by molar-refractivity contribution is 5.99. The number of rotatable bonds is 4. The van der Waals surface area contributed by atoms with E-state index in [1.165, 1.54) is 11.3 Å². The molecular formula is C28H40N8O3. The van der Waals surface area contributed by atoms with Crippen molar-refractivity contribution >= 4 is 11.8 Å². The molecule has 11 nitrogen and oxygen atoms in total. The van der Waals surface area contributed by atoms with E-state index in [0.717, 1.165) is 43.7 Å². The number of nitrogens with one attached hydrogen (secondary N) is 2. The summed E-state index contributed by atoms with van der Waals surface area (Å²) in [5.74, 6) is -0.0517. The molecule has 0 saturated heterocycles. The molecule has 2 bridgehead atoms. The largest absolute Gasteiger partial charge is 0.493 e. The van der Waals surface area contributed by atoms with E-state index in [1.54, 1.807) is 13.0 Å². The van der Waals surface area contributed by atoms with Gasteiger partial charge < -0.3 is 15.4 Å². The maximum atomic E-state index is 13.0. The van der Waals surface area contributed by atoms with Gasteiger partial charge in [-0.25, -0.2) is 0 Å². The Morgan fingerprint density at radius 1 is 1.15 bits per heavy atom. The third-order valence-corrected chi connectivity index (χ3v) is 6.87. The monoisotopic (exact) mass is 536 g/mol. The molecule has 0 spiro atoms. The standard InChI is InChI=1S/C28H40N8O3/c1-5-11-36-22(4)23(16-30-36)17-34-12-6-10-29-27(37)21(3)31-28(38)25-9-8-20(2)15-26(25)39-14-7-13-35-19-24(18-34)32-33-35/h8-9,15-16,19,21H,5-7,10-14,17-18H2,1-4H3,(H,29,37)(H,31,38)/t21-/m1/s1. The Morgan fingerprint density at radius 3 is 2.82 bits per heavy atom. The third kappa shape index (κ3) is 7.66. The van der Waals surface area contributed by atoms with Crippen LogP contribution in [0.2, 0.25) is 0 Å². The first-order chi connectivity index (χ1) is 18.8. The van der Waals surface area contributed by atoms with Crippen molar-refractivity contribution in [1.82, 2.24) is 40.3 Å². The van der Waals surface area contributed by atoms with Crippen LogP contribution in [0.15, 0.2) is 30.6 Å². The summed E-state index contributed by atoms with van der Waals surface area (Å²) in [7, 11) is 0. The zero-order chi connectivity index (χ0) is 27.8. The normalized spacial score (nSPS) is 18.2. The van der Waals surface area contributed by atoms with Gasteiger partial charge in [-0.2, -0.15) is 5.10 Å². The van der Waals surface area contributed by atoms with Gasteiger partial charge in [-0.1, -0.05) is 18.2 Å². The molecule has 210 valence electrons. The van der Waals surface area contributed by atoms with Crippen LogP contribution in [-0.2, 0) is 31.0 Å². The molecule has 4 rings (SSSR count). The number of hydrogen-bond acceptors (Lipinski definition) is 7. The number of nitrogens with zero attached hydrogens (tertiary/aromatic N) is 6. The topological polar surface area (TPSA) is 119 Å². The number of carbonyl (C=O) groups excluding carboxylic acids is 2. The lowest BCUT2D eigenvalue weighted by Gasteiger charge is -2.21. The number of benzene rings is 1. The van der Waals surface area contributed by atoms with E-state index < -0.39 is 6.04 Å². The summed E-state index contributed by atoms with van der Waals surface area (Å²) < 4.78 is 9.87. The molecule has 1 aliphatic heterocycles. The van der Waals surface area contributed by atoms with Crippen molar-refractivity contribution in [2.45, 2.75) is 79.2 Å². The van der Waals surface area contributed by atoms with Crippen LogP contribution in [0.1, 0.15) is 66.0 Å². The molecule has 2 N–H and O–H groups in total. The van der Waals surface area contributed by atoms with Crippen molar-refractivity contribution in [1.29, 1.82) is 0 Å².